The minimum Gasteiger partial charge on any atom is -0.325 e. The number of urea groups is 1. The van der Waals surface area contributed by atoms with Crippen molar-refractivity contribution >= 4 is 11.7 Å². The van der Waals surface area contributed by atoms with Crippen molar-refractivity contribution in [3.05, 3.63) is 47.3 Å². The maximum absolute atomic E-state index is 13.6. The van der Waals surface area contributed by atoms with Gasteiger partial charge in [-0.15, -0.1) is 0 Å². The van der Waals surface area contributed by atoms with Gasteiger partial charge in [0.2, 0.25) is 0 Å². The highest BCUT2D eigenvalue weighted by atomic mass is 19.1. The van der Waals surface area contributed by atoms with Crippen LogP contribution in [0.2, 0.25) is 0 Å². The number of hydrogen-bond donors (Lipinski definition) is 1. The number of aromatic nitrogens is 2. The van der Waals surface area contributed by atoms with E-state index in [-0.39, 0.29) is 0 Å². The van der Waals surface area contributed by atoms with E-state index in [1.54, 1.807) is 4.90 Å². The summed E-state index contributed by atoms with van der Waals surface area (Å²) in [6.45, 7) is 5.96. The number of para-hydroxylation sites is 1. The highest BCUT2D eigenvalue weighted by Gasteiger charge is 2.24. The minimum atomic E-state index is -0.771. The number of piperidine rings is 1. The lowest BCUT2D eigenvalue weighted by atomic mass is 9.97. The lowest BCUT2D eigenvalue weighted by Gasteiger charge is -2.32. The lowest BCUT2D eigenvalue weighted by molar-refractivity contribution is 0.175. The first-order valence-electron chi connectivity index (χ1n) is 8.45. The predicted octanol–water partition coefficient (Wildman–Crippen LogP) is 3.72. The highest BCUT2D eigenvalue weighted by molar-refractivity contribution is 5.89. The van der Waals surface area contributed by atoms with Gasteiger partial charge in [-0.05, 0) is 50.8 Å². The monoisotopic (exact) mass is 348 g/mol. The molecule has 1 fully saturated rings. The molecule has 1 saturated heterocycles. The number of nitrogens with zero attached hydrogens (tertiary/aromatic N) is 3. The third-order valence-corrected chi connectivity index (χ3v) is 4.63. The number of amides is 2. The number of benzene rings is 1. The summed E-state index contributed by atoms with van der Waals surface area (Å²) in [5.74, 6) is -1.10. The Labute approximate surface area is 145 Å². The molecular formula is C18H22F2N4O. The van der Waals surface area contributed by atoms with Gasteiger partial charge >= 0.3 is 6.03 Å². The first kappa shape index (κ1) is 17.4. The molecule has 1 aliphatic heterocycles. The van der Waals surface area contributed by atoms with Crippen molar-refractivity contribution in [1.29, 1.82) is 0 Å². The zero-order valence-electron chi connectivity index (χ0n) is 14.4. The third kappa shape index (κ3) is 3.97. The van der Waals surface area contributed by atoms with E-state index in [4.69, 9.17) is 0 Å². The number of likely N-dealkylation sites (tertiary alicyclic amines) is 1. The fourth-order valence-corrected chi connectivity index (χ4v) is 3.23. The number of carbonyl (C=O) groups excluding carboxylic acids is 1. The summed E-state index contributed by atoms with van der Waals surface area (Å²) in [4.78, 5) is 13.9. The largest absolute Gasteiger partial charge is 0.325 e. The molecule has 2 amide bonds. The van der Waals surface area contributed by atoms with Crippen LogP contribution >= 0.6 is 0 Å². The van der Waals surface area contributed by atoms with Gasteiger partial charge in [-0.2, -0.15) is 5.10 Å². The molecule has 5 nitrogen and oxygen atoms in total. The van der Waals surface area contributed by atoms with Crippen LogP contribution in [0.3, 0.4) is 0 Å². The molecule has 1 N–H and O–H groups in total. The SMILES string of the molecule is Cc1cc(C)n(CC2CCN(C(=O)Nc3c(F)cccc3F)CC2)n1. The number of anilines is 1. The van der Waals surface area contributed by atoms with Crippen molar-refractivity contribution in [2.24, 2.45) is 5.92 Å². The van der Waals surface area contributed by atoms with Crippen LogP contribution < -0.4 is 5.32 Å². The van der Waals surface area contributed by atoms with Gasteiger partial charge in [-0.1, -0.05) is 6.07 Å². The van der Waals surface area contributed by atoms with Crippen LogP contribution in [0.5, 0.6) is 0 Å². The normalized spacial score (nSPS) is 15.4. The van der Waals surface area contributed by atoms with E-state index >= 15 is 0 Å². The van der Waals surface area contributed by atoms with Gasteiger partial charge in [0, 0.05) is 25.3 Å². The summed E-state index contributed by atoms with van der Waals surface area (Å²) in [5.41, 5.74) is 1.74. The van der Waals surface area contributed by atoms with Gasteiger partial charge < -0.3 is 10.2 Å². The smallest absolute Gasteiger partial charge is 0.322 e. The van der Waals surface area contributed by atoms with Crippen LogP contribution in [0.15, 0.2) is 24.3 Å². The molecule has 0 saturated carbocycles. The molecule has 7 heteroatoms. The second-order valence-electron chi connectivity index (χ2n) is 6.57. The van der Waals surface area contributed by atoms with Gasteiger partial charge in [0.15, 0.2) is 0 Å². The van der Waals surface area contributed by atoms with Crippen molar-refractivity contribution in [1.82, 2.24) is 14.7 Å². The van der Waals surface area contributed by atoms with Crippen molar-refractivity contribution in [3.63, 3.8) is 0 Å². The molecule has 0 unspecified atom stereocenters. The summed E-state index contributed by atoms with van der Waals surface area (Å²) in [7, 11) is 0. The van der Waals surface area contributed by atoms with Crippen LogP contribution in [0.4, 0.5) is 19.3 Å². The average molecular weight is 348 g/mol. The van der Waals surface area contributed by atoms with E-state index in [1.807, 2.05) is 24.6 Å². The maximum Gasteiger partial charge on any atom is 0.322 e. The molecular weight excluding hydrogens is 326 g/mol. The molecule has 0 aliphatic carbocycles. The summed E-state index contributed by atoms with van der Waals surface area (Å²) >= 11 is 0. The summed E-state index contributed by atoms with van der Waals surface area (Å²) < 4.78 is 29.3. The van der Waals surface area contributed by atoms with Crippen molar-refractivity contribution in [2.75, 3.05) is 18.4 Å². The standard InChI is InChI=1S/C18H22F2N4O/c1-12-10-13(2)24(22-12)11-14-6-8-23(9-7-14)18(25)21-17-15(19)4-3-5-16(17)20/h3-5,10,14H,6-9,11H2,1-2H3,(H,21,25). The Hall–Kier alpha value is -2.44. The summed E-state index contributed by atoms with van der Waals surface area (Å²) in [5, 5.41) is 6.82. The van der Waals surface area contributed by atoms with Crippen LogP contribution in [0.25, 0.3) is 0 Å². The zero-order chi connectivity index (χ0) is 18.0. The van der Waals surface area contributed by atoms with Gasteiger partial charge in [0.25, 0.3) is 0 Å². The van der Waals surface area contributed by atoms with E-state index in [2.05, 4.69) is 10.4 Å². The molecule has 2 heterocycles. The fraction of sp³-hybridized carbons (Fsp3) is 0.444. The van der Waals surface area contributed by atoms with E-state index in [0.29, 0.717) is 19.0 Å². The first-order valence-corrected chi connectivity index (χ1v) is 8.45. The second-order valence-corrected chi connectivity index (χ2v) is 6.57. The topological polar surface area (TPSA) is 50.2 Å². The van der Waals surface area contributed by atoms with Crippen LogP contribution in [-0.4, -0.2) is 33.8 Å². The fourth-order valence-electron chi connectivity index (χ4n) is 3.23. The summed E-state index contributed by atoms with van der Waals surface area (Å²) in [6.07, 6.45) is 1.68. The second kappa shape index (κ2) is 7.21. The van der Waals surface area contributed by atoms with E-state index < -0.39 is 23.4 Å². The molecule has 0 atom stereocenters. The molecule has 0 radical (unpaired) electrons. The Bertz CT molecular complexity index is 746. The number of carbonyl (C=O) groups is 1. The Morgan fingerprint density at radius 3 is 2.44 bits per heavy atom. The highest BCUT2D eigenvalue weighted by Crippen LogP contribution is 2.22. The minimum absolute atomic E-state index is 0.391. The van der Waals surface area contributed by atoms with E-state index in [9.17, 15) is 13.6 Å². The number of aryl methyl sites for hydroxylation is 2. The average Bonchev–Trinajstić information content (AvgIpc) is 2.89. The number of rotatable bonds is 3. The number of halogens is 2. The van der Waals surface area contributed by atoms with Crippen molar-refractivity contribution in [2.45, 2.75) is 33.2 Å². The Kier molecular flexibility index (Phi) is 5.01. The van der Waals surface area contributed by atoms with E-state index in [1.165, 1.54) is 6.07 Å². The molecule has 25 heavy (non-hydrogen) atoms. The van der Waals surface area contributed by atoms with Crippen molar-refractivity contribution < 1.29 is 13.6 Å². The summed E-state index contributed by atoms with van der Waals surface area (Å²) in [6, 6.07) is 5.10. The number of hydrogen-bond acceptors (Lipinski definition) is 2. The Morgan fingerprint density at radius 1 is 1.24 bits per heavy atom. The third-order valence-electron chi connectivity index (χ3n) is 4.63. The lowest BCUT2D eigenvalue weighted by Crippen LogP contribution is -2.42. The Balaban J connectivity index is 1.55. The number of nitrogens with one attached hydrogen (secondary N) is 1. The van der Waals surface area contributed by atoms with Crippen molar-refractivity contribution in [3.8, 4) is 0 Å². The molecule has 134 valence electrons. The van der Waals surface area contributed by atoms with Gasteiger partial charge in [-0.25, -0.2) is 13.6 Å². The molecule has 1 aromatic carbocycles. The zero-order valence-corrected chi connectivity index (χ0v) is 14.4. The molecule has 2 aromatic rings. The maximum atomic E-state index is 13.6. The predicted molar refractivity (Wildman–Crippen MR) is 91.4 cm³/mol. The molecule has 0 bridgehead atoms. The molecule has 1 aliphatic rings. The van der Waals surface area contributed by atoms with Crippen LogP contribution in [-0.2, 0) is 6.54 Å². The quantitative estimate of drug-likeness (QED) is 0.919. The van der Waals surface area contributed by atoms with Gasteiger partial charge in [0.1, 0.15) is 17.3 Å². The van der Waals surface area contributed by atoms with E-state index in [0.717, 1.165) is 42.9 Å². The van der Waals surface area contributed by atoms with Crippen LogP contribution in [0, 0.1) is 31.4 Å². The van der Waals surface area contributed by atoms with Gasteiger partial charge in [-0.3, -0.25) is 4.68 Å². The molecule has 1 aromatic heterocycles. The van der Waals surface area contributed by atoms with Crippen LogP contribution in [0.1, 0.15) is 24.2 Å². The molecule has 3 rings (SSSR count). The van der Waals surface area contributed by atoms with Gasteiger partial charge in [0.05, 0.1) is 5.69 Å². The Morgan fingerprint density at radius 2 is 1.88 bits per heavy atom. The molecule has 0 spiro atoms. The first-order chi connectivity index (χ1) is 11.9.